The Bertz CT molecular complexity index is 912. The number of rotatable bonds is 5. The Morgan fingerprint density at radius 3 is 2.85 bits per heavy atom. The van der Waals surface area contributed by atoms with Crippen molar-refractivity contribution < 1.29 is 4.79 Å². The molecule has 0 radical (unpaired) electrons. The molecule has 1 aliphatic heterocycles. The van der Waals surface area contributed by atoms with Crippen molar-refractivity contribution in [2.24, 2.45) is 7.05 Å². The zero-order valence-electron chi connectivity index (χ0n) is 15.3. The zero-order valence-corrected chi connectivity index (χ0v) is 16.1. The highest BCUT2D eigenvalue weighted by Crippen LogP contribution is 2.25. The van der Waals surface area contributed by atoms with E-state index in [1.807, 2.05) is 48.0 Å². The summed E-state index contributed by atoms with van der Waals surface area (Å²) in [6, 6.07) is 14.2. The third-order valence-corrected chi connectivity index (χ3v) is 5.92. The van der Waals surface area contributed by atoms with Gasteiger partial charge in [-0.1, -0.05) is 48.1 Å². The Morgan fingerprint density at radius 1 is 1.22 bits per heavy atom. The van der Waals surface area contributed by atoms with Crippen LogP contribution in [-0.4, -0.2) is 27.2 Å². The van der Waals surface area contributed by atoms with E-state index in [0.29, 0.717) is 18.3 Å². The minimum atomic E-state index is -0.0870. The summed E-state index contributed by atoms with van der Waals surface area (Å²) >= 11 is 1.50. The molecule has 3 aromatic rings. The number of carbonyl (C=O) groups excluding carboxylic acids is 1. The Kier molecular flexibility index (Phi) is 5.31. The van der Waals surface area contributed by atoms with Gasteiger partial charge in [0.25, 0.3) is 5.91 Å². The summed E-state index contributed by atoms with van der Waals surface area (Å²) < 4.78 is 1.99. The first-order valence-corrected chi connectivity index (χ1v) is 10.1. The van der Waals surface area contributed by atoms with E-state index in [-0.39, 0.29) is 5.91 Å². The van der Waals surface area contributed by atoms with Crippen LogP contribution in [0.25, 0.3) is 10.6 Å². The molecule has 6 nitrogen and oxygen atoms in total. The largest absolute Gasteiger partial charge is 0.344 e. The molecule has 1 aliphatic rings. The summed E-state index contributed by atoms with van der Waals surface area (Å²) in [7, 11) is 1.96. The molecule has 0 spiro atoms. The zero-order chi connectivity index (χ0) is 18.6. The first kappa shape index (κ1) is 17.9. The molecule has 0 aliphatic carbocycles. The standard InChI is InChI=1S/C20H23N5OS/c1-25-16(15-9-5-6-12-21-15)10-11-17(25)19(26)22-13-18-23-24-20(27-18)14-7-3-2-4-8-14/h2-4,7-8,10-11,15,21H,5-6,9,12-13H2,1H3,(H,22,26). The van der Waals surface area contributed by atoms with Crippen molar-refractivity contribution in [3.63, 3.8) is 0 Å². The van der Waals surface area contributed by atoms with Crippen LogP contribution in [0.1, 0.15) is 46.5 Å². The van der Waals surface area contributed by atoms with Crippen molar-refractivity contribution in [1.82, 2.24) is 25.4 Å². The van der Waals surface area contributed by atoms with Crippen LogP contribution in [0.5, 0.6) is 0 Å². The van der Waals surface area contributed by atoms with Crippen molar-refractivity contribution in [2.75, 3.05) is 6.54 Å². The molecule has 2 aromatic heterocycles. The van der Waals surface area contributed by atoms with Gasteiger partial charge in [-0.05, 0) is 31.5 Å². The van der Waals surface area contributed by atoms with E-state index in [1.165, 1.54) is 29.9 Å². The van der Waals surface area contributed by atoms with Crippen molar-refractivity contribution in [2.45, 2.75) is 31.8 Å². The fraction of sp³-hybridized carbons (Fsp3) is 0.350. The number of hydrogen-bond acceptors (Lipinski definition) is 5. The predicted octanol–water partition coefficient (Wildman–Crippen LogP) is 3.29. The van der Waals surface area contributed by atoms with E-state index in [1.54, 1.807) is 0 Å². The minimum Gasteiger partial charge on any atom is -0.344 e. The maximum atomic E-state index is 12.6. The lowest BCUT2D eigenvalue weighted by atomic mass is 10.0. The van der Waals surface area contributed by atoms with Crippen LogP contribution < -0.4 is 10.6 Å². The second kappa shape index (κ2) is 8.02. The predicted molar refractivity (Wildman–Crippen MR) is 107 cm³/mol. The maximum Gasteiger partial charge on any atom is 0.268 e. The van der Waals surface area contributed by atoms with Gasteiger partial charge in [-0.25, -0.2) is 0 Å². The summed E-state index contributed by atoms with van der Waals surface area (Å²) in [6.45, 7) is 1.42. The average Bonchev–Trinajstić information content (AvgIpc) is 3.34. The molecular weight excluding hydrogens is 358 g/mol. The van der Waals surface area contributed by atoms with Crippen molar-refractivity contribution in [3.05, 3.63) is 58.9 Å². The normalized spacial score (nSPS) is 17.0. The van der Waals surface area contributed by atoms with Gasteiger partial charge in [0.05, 0.1) is 6.54 Å². The molecule has 2 N–H and O–H groups in total. The summed E-state index contributed by atoms with van der Waals surface area (Å²) in [4.78, 5) is 12.6. The second-order valence-corrected chi connectivity index (χ2v) is 7.82. The minimum absolute atomic E-state index is 0.0870. The molecular formula is C20H23N5OS. The van der Waals surface area contributed by atoms with Crippen molar-refractivity contribution in [1.29, 1.82) is 0 Å². The van der Waals surface area contributed by atoms with Gasteiger partial charge in [0.15, 0.2) is 0 Å². The number of benzene rings is 1. The summed E-state index contributed by atoms with van der Waals surface area (Å²) in [5, 5.41) is 16.6. The fourth-order valence-electron chi connectivity index (χ4n) is 3.48. The molecule has 27 heavy (non-hydrogen) atoms. The average molecular weight is 382 g/mol. The summed E-state index contributed by atoms with van der Waals surface area (Å²) in [5.41, 5.74) is 2.88. The number of carbonyl (C=O) groups is 1. The van der Waals surface area contributed by atoms with Crippen LogP contribution >= 0.6 is 11.3 Å². The molecule has 0 saturated carbocycles. The number of nitrogens with zero attached hydrogens (tertiary/aromatic N) is 3. The van der Waals surface area contributed by atoms with Crippen LogP contribution in [0.4, 0.5) is 0 Å². The number of amides is 1. The van der Waals surface area contributed by atoms with Crippen LogP contribution in [-0.2, 0) is 13.6 Å². The first-order chi connectivity index (χ1) is 13.2. The van der Waals surface area contributed by atoms with Gasteiger partial charge in [-0.2, -0.15) is 0 Å². The lowest BCUT2D eigenvalue weighted by Crippen LogP contribution is -2.29. The molecule has 0 bridgehead atoms. The maximum absolute atomic E-state index is 12.6. The highest BCUT2D eigenvalue weighted by atomic mass is 32.1. The van der Waals surface area contributed by atoms with Gasteiger partial charge in [-0.3, -0.25) is 4.79 Å². The van der Waals surface area contributed by atoms with E-state index in [4.69, 9.17) is 0 Å². The third kappa shape index (κ3) is 3.94. The highest BCUT2D eigenvalue weighted by Gasteiger charge is 2.20. The highest BCUT2D eigenvalue weighted by molar-refractivity contribution is 7.14. The van der Waals surface area contributed by atoms with Crippen LogP contribution in [0, 0.1) is 0 Å². The molecule has 4 rings (SSSR count). The number of hydrogen-bond donors (Lipinski definition) is 2. The quantitative estimate of drug-likeness (QED) is 0.711. The van der Waals surface area contributed by atoms with Gasteiger partial charge in [0, 0.05) is 24.3 Å². The monoisotopic (exact) mass is 381 g/mol. The van der Waals surface area contributed by atoms with Crippen molar-refractivity contribution >= 4 is 17.2 Å². The smallest absolute Gasteiger partial charge is 0.268 e. The Morgan fingerprint density at radius 2 is 2.07 bits per heavy atom. The number of nitrogens with one attached hydrogen (secondary N) is 2. The first-order valence-electron chi connectivity index (χ1n) is 9.27. The van der Waals surface area contributed by atoms with Gasteiger partial charge < -0.3 is 15.2 Å². The van der Waals surface area contributed by atoms with E-state index in [9.17, 15) is 4.79 Å². The number of aromatic nitrogens is 3. The van der Waals surface area contributed by atoms with E-state index in [0.717, 1.165) is 28.5 Å². The lowest BCUT2D eigenvalue weighted by Gasteiger charge is -2.24. The van der Waals surface area contributed by atoms with Gasteiger partial charge >= 0.3 is 0 Å². The fourth-order valence-corrected chi connectivity index (χ4v) is 4.26. The van der Waals surface area contributed by atoms with Crippen LogP contribution in [0.3, 0.4) is 0 Å². The Balaban J connectivity index is 1.40. The Labute approximate surface area is 162 Å². The second-order valence-electron chi connectivity index (χ2n) is 6.75. The molecule has 3 heterocycles. The molecule has 1 saturated heterocycles. The molecule has 1 unspecified atom stereocenters. The SMILES string of the molecule is Cn1c(C(=O)NCc2nnc(-c3ccccc3)s2)ccc1C1CCCCN1. The molecule has 140 valence electrons. The van der Waals surface area contributed by atoms with E-state index < -0.39 is 0 Å². The van der Waals surface area contributed by atoms with Gasteiger partial charge in [-0.15, -0.1) is 10.2 Å². The van der Waals surface area contributed by atoms with Gasteiger partial charge in [0.1, 0.15) is 15.7 Å². The summed E-state index contributed by atoms with van der Waals surface area (Å²) in [6.07, 6.45) is 3.57. The van der Waals surface area contributed by atoms with Crippen molar-refractivity contribution in [3.8, 4) is 10.6 Å². The third-order valence-electron chi connectivity index (χ3n) is 4.95. The molecule has 1 amide bonds. The molecule has 7 heteroatoms. The molecule has 1 aromatic carbocycles. The van der Waals surface area contributed by atoms with Crippen LogP contribution in [0.2, 0.25) is 0 Å². The lowest BCUT2D eigenvalue weighted by molar-refractivity contribution is 0.0942. The van der Waals surface area contributed by atoms with E-state index in [2.05, 4.69) is 26.9 Å². The van der Waals surface area contributed by atoms with Crippen LogP contribution in [0.15, 0.2) is 42.5 Å². The van der Waals surface area contributed by atoms with E-state index >= 15 is 0 Å². The topological polar surface area (TPSA) is 71.8 Å². The molecule has 1 fully saturated rings. The molecule has 1 atom stereocenters. The Hall–Kier alpha value is -2.51. The van der Waals surface area contributed by atoms with Gasteiger partial charge in [0.2, 0.25) is 0 Å². The number of piperidine rings is 1. The summed E-state index contributed by atoms with van der Waals surface area (Å²) in [5.74, 6) is -0.0870.